The maximum absolute atomic E-state index is 3.56. The Morgan fingerprint density at radius 2 is 1.85 bits per heavy atom. The summed E-state index contributed by atoms with van der Waals surface area (Å²) in [6.45, 7) is 10.8. The molecule has 110 valence electrons. The average Bonchev–Trinajstić information content (AvgIpc) is 2.50. The van der Waals surface area contributed by atoms with Crippen LogP contribution in [0.15, 0.2) is 47.6 Å². The molecule has 0 amide bonds. The fraction of sp³-hybridized carbons (Fsp3) is 0.474. The predicted molar refractivity (Wildman–Crippen MR) is 89.9 cm³/mol. The lowest BCUT2D eigenvalue weighted by atomic mass is 10.0. The van der Waals surface area contributed by atoms with Gasteiger partial charge in [-0.25, -0.2) is 0 Å². The van der Waals surface area contributed by atoms with E-state index < -0.39 is 0 Å². The molecule has 0 saturated heterocycles. The van der Waals surface area contributed by atoms with Crippen LogP contribution in [0.5, 0.6) is 0 Å². The molecular weight excluding hydrogens is 242 g/mol. The second-order valence-electron chi connectivity index (χ2n) is 5.26. The van der Waals surface area contributed by atoms with E-state index in [2.05, 4.69) is 69.4 Å². The molecule has 1 nitrogen and oxygen atoms in total. The van der Waals surface area contributed by atoms with Crippen LogP contribution in [0.2, 0.25) is 0 Å². The van der Waals surface area contributed by atoms with Crippen molar-refractivity contribution in [2.24, 2.45) is 0 Å². The molecule has 0 spiro atoms. The summed E-state index contributed by atoms with van der Waals surface area (Å²) in [6.07, 6.45) is 7.88. The van der Waals surface area contributed by atoms with Gasteiger partial charge in [-0.3, -0.25) is 0 Å². The number of rotatable bonds is 8. The predicted octanol–water partition coefficient (Wildman–Crippen LogP) is 5.03. The van der Waals surface area contributed by atoms with Crippen molar-refractivity contribution >= 4 is 0 Å². The molecule has 1 N–H and O–H groups in total. The van der Waals surface area contributed by atoms with Gasteiger partial charge in [0.25, 0.3) is 0 Å². The Hall–Kier alpha value is -1.34. The van der Waals surface area contributed by atoms with E-state index in [1.807, 2.05) is 0 Å². The summed E-state index contributed by atoms with van der Waals surface area (Å²) in [6, 6.07) is 8.70. The third-order valence-corrected chi connectivity index (χ3v) is 3.77. The standard InChI is InChI=1S/C19H29N/c1-5-16(4)14-17(6-2)12-13-20-15-19-11-9-8-10-18(19)7-3/h6,8-11,14,20H,5,7,12-13,15H2,1-4H3/b16-14+,17-6-. The first-order valence-corrected chi connectivity index (χ1v) is 7.81. The zero-order chi connectivity index (χ0) is 14.8. The highest BCUT2D eigenvalue weighted by Crippen LogP contribution is 2.11. The van der Waals surface area contributed by atoms with Crippen molar-refractivity contribution in [1.82, 2.24) is 5.32 Å². The summed E-state index contributed by atoms with van der Waals surface area (Å²) in [4.78, 5) is 0. The highest BCUT2D eigenvalue weighted by molar-refractivity contribution is 5.27. The van der Waals surface area contributed by atoms with Gasteiger partial charge in [0.2, 0.25) is 0 Å². The second-order valence-corrected chi connectivity index (χ2v) is 5.26. The molecule has 0 aliphatic rings. The Balaban J connectivity index is 2.41. The second kappa shape index (κ2) is 9.55. The first-order valence-electron chi connectivity index (χ1n) is 7.81. The number of aryl methyl sites for hydroxylation is 1. The SMILES string of the molecule is C/C=C(\C=C(/C)CC)CCNCc1ccccc1CC. The number of allylic oxidation sites excluding steroid dienone is 3. The lowest BCUT2D eigenvalue weighted by Gasteiger charge is -2.10. The minimum atomic E-state index is 0.970. The van der Waals surface area contributed by atoms with Crippen molar-refractivity contribution in [3.63, 3.8) is 0 Å². The van der Waals surface area contributed by atoms with Crippen molar-refractivity contribution < 1.29 is 0 Å². The summed E-state index contributed by atoms with van der Waals surface area (Å²) in [5.74, 6) is 0. The molecule has 0 saturated carbocycles. The van der Waals surface area contributed by atoms with Crippen LogP contribution in [-0.2, 0) is 13.0 Å². The number of hydrogen-bond acceptors (Lipinski definition) is 1. The van der Waals surface area contributed by atoms with Gasteiger partial charge in [0.1, 0.15) is 0 Å². The van der Waals surface area contributed by atoms with Gasteiger partial charge < -0.3 is 5.32 Å². The fourth-order valence-electron chi connectivity index (χ4n) is 2.25. The van der Waals surface area contributed by atoms with Gasteiger partial charge in [-0.15, -0.1) is 0 Å². The number of hydrogen-bond donors (Lipinski definition) is 1. The molecule has 1 rings (SSSR count). The van der Waals surface area contributed by atoms with Crippen LogP contribution in [0.1, 0.15) is 51.7 Å². The van der Waals surface area contributed by atoms with E-state index in [4.69, 9.17) is 0 Å². The molecule has 0 unspecified atom stereocenters. The van der Waals surface area contributed by atoms with Crippen LogP contribution in [0.3, 0.4) is 0 Å². The van der Waals surface area contributed by atoms with Crippen LogP contribution >= 0.6 is 0 Å². The molecule has 0 bridgehead atoms. The summed E-state index contributed by atoms with van der Waals surface area (Å²) >= 11 is 0. The molecule has 1 aromatic carbocycles. The van der Waals surface area contributed by atoms with E-state index in [-0.39, 0.29) is 0 Å². The molecule has 0 heterocycles. The molecule has 0 radical (unpaired) electrons. The van der Waals surface area contributed by atoms with Crippen molar-refractivity contribution in [2.75, 3.05) is 6.54 Å². The third-order valence-electron chi connectivity index (χ3n) is 3.77. The molecule has 0 aromatic heterocycles. The van der Waals surface area contributed by atoms with E-state index in [0.29, 0.717) is 0 Å². The third kappa shape index (κ3) is 5.75. The molecule has 1 aromatic rings. The van der Waals surface area contributed by atoms with Crippen molar-refractivity contribution in [3.8, 4) is 0 Å². The van der Waals surface area contributed by atoms with Crippen molar-refractivity contribution in [3.05, 3.63) is 58.7 Å². The van der Waals surface area contributed by atoms with Crippen molar-refractivity contribution in [2.45, 2.75) is 53.5 Å². The highest BCUT2D eigenvalue weighted by atomic mass is 14.8. The summed E-state index contributed by atoms with van der Waals surface area (Å²) in [5.41, 5.74) is 5.76. The van der Waals surface area contributed by atoms with Gasteiger partial charge in [-0.05, 0) is 50.8 Å². The van der Waals surface area contributed by atoms with Gasteiger partial charge in [-0.2, -0.15) is 0 Å². The quantitative estimate of drug-likeness (QED) is 0.516. The smallest absolute Gasteiger partial charge is 0.0208 e. The Morgan fingerprint density at radius 1 is 1.15 bits per heavy atom. The van der Waals surface area contributed by atoms with Gasteiger partial charge >= 0.3 is 0 Å². The first-order chi connectivity index (χ1) is 9.71. The van der Waals surface area contributed by atoms with Gasteiger partial charge in [0.05, 0.1) is 0 Å². The van der Waals surface area contributed by atoms with Crippen LogP contribution in [0.25, 0.3) is 0 Å². The molecule has 0 aliphatic carbocycles. The van der Waals surface area contributed by atoms with Crippen LogP contribution in [0, 0.1) is 0 Å². The average molecular weight is 271 g/mol. The topological polar surface area (TPSA) is 12.0 Å². The van der Waals surface area contributed by atoms with Crippen LogP contribution < -0.4 is 5.32 Å². The normalized spacial score (nSPS) is 12.8. The van der Waals surface area contributed by atoms with E-state index in [9.17, 15) is 0 Å². The van der Waals surface area contributed by atoms with Gasteiger partial charge in [-0.1, -0.05) is 61.4 Å². The Morgan fingerprint density at radius 3 is 2.45 bits per heavy atom. The van der Waals surface area contributed by atoms with Crippen molar-refractivity contribution in [1.29, 1.82) is 0 Å². The minimum absolute atomic E-state index is 0.970. The van der Waals surface area contributed by atoms with Crippen LogP contribution in [0.4, 0.5) is 0 Å². The number of benzene rings is 1. The largest absolute Gasteiger partial charge is 0.312 e. The van der Waals surface area contributed by atoms with Crippen LogP contribution in [-0.4, -0.2) is 6.54 Å². The molecular formula is C19H29N. The first kappa shape index (κ1) is 16.7. The lowest BCUT2D eigenvalue weighted by Crippen LogP contribution is -2.16. The summed E-state index contributed by atoms with van der Waals surface area (Å²) < 4.78 is 0. The van der Waals surface area contributed by atoms with E-state index in [1.54, 1.807) is 0 Å². The summed E-state index contributed by atoms with van der Waals surface area (Å²) in [5, 5.41) is 3.56. The highest BCUT2D eigenvalue weighted by Gasteiger charge is 1.99. The fourth-order valence-corrected chi connectivity index (χ4v) is 2.25. The molecule has 20 heavy (non-hydrogen) atoms. The molecule has 0 fully saturated rings. The summed E-state index contributed by atoms with van der Waals surface area (Å²) in [7, 11) is 0. The lowest BCUT2D eigenvalue weighted by molar-refractivity contribution is 0.683. The number of nitrogens with one attached hydrogen (secondary N) is 1. The maximum atomic E-state index is 3.56. The van der Waals surface area contributed by atoms with E-state index in [1.165, 1.54) is 22.3 Å². The van der Waals surface area contributed by atoms with Gasteiger partial charge in [0.15, 0.2) is 0 Å². The molecule has 0 aliphatic heterocycles. The van der Waals surface area contributed by atoms with E-state index in [0.717, 1.165) is 32.4 Å². The maximum Gasteiger partial charge on any atom is 0.0208 e. The minimum Gasteiger partial charge on any atom is -0.312 e. The monoisotopic (exact) mass is 271 g/mol. The Labute approximate surface area is 124 Å². The van der Waals surface area contributed by atoms with Gasteiger partial charge in [0, 0.05) is 6.54 Å². The zero-order valence-electron chi connectivity index (χ0n) is 13.5. The zero-order valence-corrected chi connectivity index (χ0v) is 13.5. The molecule has 0 atom stereocenters. The Kier molecular flexibility index (Phi) is 7.98. The Bertz CT molecular complexity index is 455. The molecule has 1 heteroatoms. The van der Waals surface area contributed by atoms with E-state index >= 15 is 0 Å².